The third-order valence-corrected chi connectivity index (χ3v) is 5.63. The van der Waals surface area contributed by atoms with Crippen LogP contribution in [0.5, 0.6) is 17.2 Å². The van der Waals surface area contributed by atoms with E-state index in [9.17, 15) is 13.2 Å². The molecule has 0 spiro atoms. The van der Waals surface area contributed by atoms with E-state index in [1.54, 1.807) is 25.1 Å². The number of carbonyl (C=O) groups excluding carboxylic acids is 1. The van der Waals surface area contributed by atoms with Crippen molar-refractivity contribution in [1.29, 1.82) is 0 Å². The number of ether oxygens (including phenoxy) is 3. The van der Waals surface area contributed by atoms with Crippen LogP contribution in [0.15, 0.2) is 42.5 Å². The standard InChI is InChI=1S/C21H26N2O6S/c1-15-6-4-5-7-18(15)29-14-16(2)22-21(24)13-23(30(3,25)26)17-8-9-19-20(12-17)28-11-10-27-19/h4-9,12,16H,10-11,13-14H2,1-3H3,(H,22,24)/t16-/m0/s1. The van der Waals surface area contributed by atoms with Gasteiger partial charge in [-0.05, 0) is 37.6 Å². The van der Waals surface area contributed by atoms with Crippen molar-refractivity contribution in [3.05, 3.63) is 48.0 Å². The number of anilines is 1. The summed E-state index contributed by atoms with van der Waals surface area (Å²) in [4.78, 5) is 12.5. The van der Waals surface area contributed by atoms with Crippen molar-refractivity contribution in [2.45, 2.75) is 19.9 Å². The number of rotatable bonds is 8. The number of para-hydroxylation sites is 1. The molecule has 3 rings (SSSR count). The van der Waals surface area contributed by atoms with Gasteiger partial charge in [-0.2, -0.15) is 0 Å². The molecule has 0 bridgehead atoms. The van der Waals surface area contributed by atoms with Crippen molar-refractivity contribution in [3.63, 3.8) is 0 Å². The normalized spacial score (nSPS) is 14.0. The Labute approximate surface area is 176 Å². The predicted octanol–water partition coefficient (Wildman–Crippen LogP) is 2.12. The molecule has 8 nitrogen and oxygen atoms in total. The molecule has 0 saturated carbocycles. The van der Waals surface area contributed by atoms with E-state index in [1.807, 2.05) is 31.2 Å². The highest BCUT2D eigenvalue weighted by molar-refractivity contribution is 7.92. The quantitative estimate of drug-likeness (QED) is 0.684. The fourth-order valence-corrected chi connectivity index (χ4v) is 3.86. The van der Waals surface area contributed by atoms with Crippen molar-refractivity contribution >= 4 is 21.6 Å². The average molecular weight is 435 g/mol. The predicted molar refractivity (Wildman–Crippen MR) is 114 cm³/mol. The number of amides is 1. The van der Waals surface area contributed by atoms with Crippen LogP contribution in [-0.4, -0.2) is 53.0 Å². The van der Waals surface area contributed by atoms with Crippen LogP contribution in [0.2, 0.25) is 0 Å². The van der Waals surface area contributed by atoms with E-state index >= 15 is 0 Å². The first-order chi connectivity index (χ1) is 14.2. The van der Waals surface area contributed by atoms with Gasteiger partial charge in [0.15, 0.2) is 11.5 Å². The number of sulfonamides is 1. The van der Waals surface area contributed by atoms with Gasteiger partial charge in [-0.15, -0.1) is 0 Å². The SMILES string of the molecule is Cc1ccccc1OC[C@H](C)NC(=O)CN(c1ccc2c(c1)OCCO2)S(C)(=O)=O. The Bertz CT molecular complexity index is 1010. The zero-order valence-corrected chi connectivity index (χ0v) is 18.1. The molecule has 0 aromatic heterocycles. The summed E-state index contributed by atoms with van der Waals surface area (Å²) in [7, 11) is -3.69. The second-order valence-electron chi connectivity index (χ2n) is 7.14. The first-order valence-corrected chi connectivity index (χ1v) is 11.4. The highest BCUT2D eigenvalue weighted by Crippen LogP contribution is 2.34. The molecule has 1 atom stereocenters. The highest BCUT2D eigenvalue weighted by Gasteiger charge is 2.24. The summed E-state index contributed by atoms with van der Waals surface area (Å²) >= 11 is 0. The molecule has 1 amide bonds. The number of hydrogen-bond donors (Lipinski definition) is 1. The van der Waals surface area contributed by atoms with Crippen molar-refractivity contribution < 1.29 is 27.4 Å². The minimum absolute atomic E-state index is 0.263. The molecule has 0 saturated heterocycles. The highest BCUT2D eigenvalue weighted by atomic mass is 32.2. The van der Waals surface area contributed by atoms with Crippen molar-refractivity contribution in [1.82, 2.24) is 5.32 Å². The van der Waals surface area contributed by atoms with E-state index < -0.39 is 15.9 Å². The monoisotopic (exact) mass is 434 g/mol. The lowest BCUT2D eigenvalue weighted by atomic mass is 10.2. The van der Waals surface area contributed by atoms with E-state index in [0.29, 0.717) is 30.4 Å². The van der Waals surface area contributed by atoms with Crippen LogP contribution in [0.1, 0.15) is 12.5 Å². The molecule has 0 aliphatic carbocycles. The van der Waals surface area contributed by atoms with Crippen molar-refractivity contribution in [2.75, 3.05) is 36.9 Å². The van der Waals surface area contributed by atoms with Gasteiger partial charge >= 0.3 is 0 Å². The maximum Gasteiger partial charge on any atom is 0.241 e. The number of nitrogens with one attached hydrogen (secondary N) is 1. The van der Waals surface area contributed by atoms with Crippen LogP contribution in [-0.2, 0) is 14.8 Å². The van der Waals surface area contributed by atoms with Gasteiger partial charge in [0.25, 0.3) is 0 Å². The molecule has 1 aliphatic rings. The van der Waals surface area contributed by atoms with E-state index in [1.165, 1.54) is 0 Å². The van der Waals surface area contributed by atoms with Crippen LogP contribution < -0.4 is 23.8 Å². The zero-order valence-electron chi connectivity index (χ0n) is 17.3. The molecule has 0 radical (unpaired) electrons. The number of aryl methyl sites for hydroxylation is 1. The third kappa shape index (κ3) is 5.56. The lowest BCUT2D eigenvalue weighted by molar-refractivity contribution is -0.120. The largest absolute Gasteiger partial charge is 0.491 e. The topological polar surface area (TPSA) is 94.2 Å². The molecule has 162 valence electrons. The van der Waals surface area contributed by atoms with Gasteiger partial charge < -0.3 is 19.5 Å². The molecule has 30 heavy (non-hydrogen) atoms. The summed E-state index contributed by atoms with van der Waals surface area (Å²) in [5.74, 6) is 1.31. The zero-order chi connectivity index (χ0) is 21.7. The van der Waals surface area contributed by atoms with Crippen molar-refractivity contribution in [2.24, 2.45) is 0 Å². The van der Waals surface area contributed by atoms with Crippen LogP contribution in [0.25, 0.3) is 0 Å². The van der Waals surface area contributed by atoms with Crippen LogP contribution >= 0.6 is 0 Å². The fourth-order valence-electron chi connectivity index (χ4n) is 3.01. The summed E-state index contributed by atoms with van der Waals surface area (Å²) in [6.07, 6.45) is 1.06. The molecular weight excluding hydrogens is 408 g/mol. The van der Waals surface area contributed by atoms with E-state index in [2.05, 4.69) is 5.32 Å². The van der Waals surface area contributed by atoms with E-state index in [-0.39, 0.29) is 19.2 Å². The molecular formula is C21H26N2O6S. The van der Waals surface area contributed by atoms with E-state index in [4.69, 9.17) is 14.2 Å². The summed E-state index contributed by atoms with van der Waals surface area (Å²) in [6.45, 7) is 4.47. The van der Waals surface area contributed by atoms with E-state index in [0.717, 1.165) is 21.9 Å². The second-order valence-corrected chi connectivity index (χ2v) is 9.05. The van der Waals surface area contributed by atoms with Gasteiger partial charge in [0, 0.05) is 6.07 Å². The Kier molecular flexibility index (Phi) is 6.71. The molecule has 0 unspecified atom stereocenters. The Balaban J connectivity index is 1.64. The molecule has 1 aliphatic heterocycles. The number of carbonyl (C=O) groups is 1. The van der Waals surface area contributed by atoms with Gasteiger partial charge in [0.1, 0.15) is 32.1 Å². The second kappa shape index (κ2) is 9.25. The molecule has 1 N–H and O–H groups in total. The average Bonchev–Trinajstić information content (AvgIpc) is 2.70. The van der Waals surface area contributed by atoms with Gasteiger partial charge in [0.2, 0.25) is 15.9 Å². The number of fused-ring (bicyclic) bond motifs is 1. The van der Waals surface area contributed by atoms with Gasteiger partial charge in [-0.25, -0.2) is 8.42 Å². The molecule has 2 aromatic rings. The molecule has 0 fully saturated rings. The Morgan fingerprint density at radius 1 is 1.17 bits per heavy atom. The summed E-state index contributed by atoms with van der Waals surface area (Å²) in [6, 6.07) is 12.1. The lowest BCUT2D eigenvalue weighted by Crippen LogP contribution is -2.45. The molecule has 9 heteroatoms. The molecule has 2 aromatic carbocycles. The summed E-state index contributed by atoms with van der Waals surface area (Å²) < 4.78 is 42.4. The lowest BCUT2D eigenvalue weighted by Gasteiger charge is -2.25. The Hall–Kier alpha value is -2.94. The van der Waals surface area contributed by atoms with Crippen LogP contribution in [0, 0.1) is 6.92 Å². The van der Waals surface area contributed by atoms with Gasteiger partial charge in [-0.1, -0.05) is 18.2 Å². The minimum Gasteiger partial charge on any atom is -0.491 e. The van der Waals surface area contributed by atoms with Crippen LogP contribution in [0.3, 0.4) is 0 Å². The first-order valence-electron chi connectivity index (χ1n) is 9.59. The number of hydrogen-bond acceptors (Lipinski definition) is 6. The number of nitrogens with zero attached hydrogens (tertiary/aromatic N) is 1. The summed E-state index contributed by atoms with van der Waals surface area (Å²) in [5.41, 5.74) is 1.33. The smallest absolute Gasteiger partial charge is 0.241 e. The fraction of sp³-hybridized carbons (Fsp3) is 0.381. The Morgan fingerprint density at radius 2 is 1.87 bits per heavy atom. The summed E-state index contributed by atoms with van der Waals surface area (Å²) in [5, 5.41) is 2.78. The maximum absolute atomic E-state index is 12.5. The minimum atomic E-state index is -3.69. The third-order valence-electron chi connectivity index (χ3n) is 4.49. The first kappa shape index (κ1) is 21.8. The Morgan fingerprint density at radius 3 is 2.57 bits per heavy atom. The maximum atomic E-state index is 12.5. The number of benzene rings is 2. The molecule has 1 heterocycles. The van der Waals surface area contributed by atoms with Crippen molar-refractivity contribution in [3.8, 4) is 17.2 Å². The van der Waals surface area contributed by atoms with Gasteiger partial charge in [-0.3, -0.25) is 9.10 Å². The van der Waals surface area contributed by atoms with Gasteiger partial charge in [0.05, 0.1) is 18.0 Å². The van der Waals surface area contributed by atoms with Crippen LogP contribution in [0.4, 0.5) is 5.69 Å².